The van der Waals surface area contributed by atoms with Crippen molar-refractivity contribution in [2.75, 3.05) is 13.1 Å². The standard InChI is InChI=1S/C17H23N5O2/c1-11-6-7-18-15(11)16(23)19-13-3-2-8-22(9-13)10-14-20-17(24-21-14)12-4-5-12/h6-7,12-13,18H,2-5,8-10H2,1H3,(H,19,23). The highest BCUT2D eigenvalue weighted by Gasteiger charge is 2.30. The smallest absolute Gasteiger partial charge is 0.268 e. The molecule has 7 nitrogen and oxygen atoms in total. The van der Waals surface area contributed by atoms with Crippen molar-refractivity contribution in [2.45, 2.75) is 51.1 Å². The van der Waals surface area contributed by atoms with Crippen molar-refractivity contribution in [3.8, 4) is 0 Å². The van der Waals surface area contributed by atoms with E-state index in [1.54, 1.807) is 6.20 Å². The third kappa shape index (κ3) is 3.36. The van der Waals surface area contributed by atoms with Crippen LogP contribution in [0.4, 0.5) is 0 Å². The van der Waals surface area contributed by atoms with Gasteiger partial charge in [-0.15, -0.1) is 0 Å². The zero-order valence-corrected chi connectivity index (χ0v) is 13.9. The van der Waals surface area contributed by atoms with Gasteiger partial charge in [0, 0.05) is 24.7 Å². The Morgan fingerprint density at radius 1 is 1.46 bits per heavy atom. The predicted molar refractivity (Wildman–Crippen MR) is 87.6 cm³/mol. The predicted octanol–water partition coefficient (Wildman–Crippen LogP) is 1.98. The monoisotopic (exact) mass is 329 g/mol. The van der Waals surface area contributed by atoms with Crippen LogP contribution in [0.15, 0.2) is 16.8 Å². The molecule has 1 saturated carbocycles. The molecule has 4 rings (SSSR count). The number of hydrogen-bond donors (Lipinski definition) is 2. The van der Waals surface area contributed by atoms with Gasteiger partial charge in [-0.3, -0.25) is 9.69 Å². The summed E-state index contributed by atoms with van der Waals surface area (Å²) in [7, 11) is 0. The molecule has 0 radical (unpaired) electrons. The first kappa shape index (κ1) is 15.4. The lowest BCUT2D eigenvalue weighted by molar-refractivity contribution is 0.0894. The molecule has 24 heavy (non-hydrogen) atoms. The fourth-order valence-corrected chi connectivity index (χ4v) is 3.29. The maximum atomic E-state index is 12.3. The summed E-state index contributed by atoms with van der Waals surface area (Å²) in [6.07, 6.45) is 6.18. The van der Waals surface area contributed by atoms with Crippen molar-refractivity contribution in [2.24, 2.45) is 0 Å². The fraction of sp³-hybridized carbons (Fsp3) is 0.588. The van der Waals surface area contributed by atoms with Crippen molar-refractivity contribution in [1.29, 1.82) is 0 Å². The van der Waals surface area contributed by atoms with Crippen molar-refractivity contribution in [3.05, 3.63) is 35.2 Å². The van der Waals surface area contributed by atoms with Gasteiger partial charge in [-0.05, 0) is 50.8 Å². The van der Waals surface area contributed by atoms with Crippen molar-refractivity contribution >= 4 is 5.91 Å². The molecule has 2 aromatic heterocycles. The van der Waals surface area contributed by atoms with E-state index < -0.39 is 0 Å². The first-order valence-corrected chi connectivity index (χ1v) is 8.68. The molecule has 128 valence electrons. The normalized spacial score (nSPS) is 21.8. The highest BCUT2D eigenvalue weighted by atomic mass is 16.5. The molecule has 1 aliphatic carbocycles. The Bertz CT molecular complexity index is 718. The molecule has 2 aliphatic rings. The van der Waals surface area contributed by atoms with E-state index in [0.717, 1.165) is 56.1 Å². The van der Waals surface area contributed by atoms with Crippen LogP contribution in [0.25, 0.3) is 0 Å². The van der Waals surface area contributed by atoms with Gasteiger partial charge in [-0.25, -0.2) is 0 Å². The summed E-state index contributed by atoms with van der Waals surface area (Å²) >= 11 is 0. The van der Waals surface area contributed by atoms with Crippen LogP contribution in [0.1, 0.15) is 59.4 Å². The molecule has 0 spiro atoms. The summed E-state index contributed by atoms with van der Waals surface area (Å²) < 4.78 is 5.32. The summed E-state index contributed by atoms with van der Waals surface area (Å²) in [5.74, 6) is 2.00. The second kappa shape index (κ2) is 6.39. The van der Waals surface area contributed by atoms with Gasteiger partial charge in [-0.2, -0.15) is 4.98 Å². The molecular formula is C17H23N5O2. The number of H-pyrrole nitrogens is 1. The highest BCUT2D eigenvalue weighted by molar-refractivity contribution is 5.94. The van der Waals surface area contributed by atoms with Crippen LogP contribution in [0.3, 0.4) is 0 Å². The van der Waals surface area contributed by atoms with E-state index in [0.29, 0.717) is 18.2 Å². The maximum Gasteiger partial charge on any atom is 0.268 e. The second-order valence-electron chi connectivity index (χ2n) is 6.91. The Kier molecular flexibility index (Phi) is 4.10. The molecule has 1 amide bonds. The number of carbonyl (C=O) groups excluding carboxylic acids is 1. The van der Waals surface area contributed by atoms with Gasteiger partial charge in [0.25, 0.3) is 5.91 Å². The Balaban J connectivity index is 1.33. The summed E-state index contributed by atoms with van der Waals surface area (Å²) in [4.78, 5) is 22.1. The molecular weight excluding hydrogens is 306 g/mol. The Labute approximate surface area is 140 Å². The minimum atomic E-state index is -0.0278. The third-order valence-corrected chi connectivity index (χ3v) is 4.80. The molecule has 1 saturated heterocycles. The van der Waals surface area contributed by atoms with Crippen LogP contribution < -0.4 is 5.32 Å². The van der Waals surface area contributed by atoms with Gasteiger partial charge in [0.2, 0.25) is 5.89 Å². The number of amides is 1. The zero-order chi connectivity index (χ0) is 16.5. The van der Waals surface area contributed by atoms with E-state index in [9.17, 15) is 4.79 Å². The minimum absolute atomic E-state index is 0.0278. The van der Waals surface area contributed by atoms with Crippen LogP contribution in [0.5, 0.6) is 0 Å². The largest absolute Gasteiger partial charge is 0.357 e. The average molecular weight is 329 g/mol. The number of likely N-dealkylation sites (tertiary alicyclic amines) is 1. The second-order valence-corrected chi connectivity index (χ2v) is 6.91. The van der Waals surface area contributed by atoms with Crippen molar-refractivity contribution < 1.29 is 9.32 Å². The third-order valence-electron chi connectivity index (χ3n) is 4.80. The molecule has 2 N–H and O–H groups in total. The Hall–Kier alpha value is -2.15. The van der Waals surface area contributed by atoms with Gasteiger partial charge in [0.05, 0.1) is 6.54 Å². The number of nitrogens with one attached hydrogen (secondary N) is 2. The summed E-state index contributed by atoms with van der Waals surface area (Å²) in [6, 6.07) is 2.07. The minimum Gasteiger partial charge on any atom is -0.357 e. The number of rotatable bonds is 5. The van der Waals surface area contributed by atoms with Crippen LogP contribution in [0.2, 0.25) is 0 Å². The van der Waals surface area contributed by atoms with Gasteiger partial charge in [0.15, 0.2) is 5.82 Å². The number of aromatic nitrogens is 3. The lowest BCUT2D eigenvalue weighted by Crippen LogP contribution is -2.47. The zero-order valence-electron chi connectivity index (χ0n) is 13.9. The average Bonchev–Trinajstić information content (AvgIpc) is 3.16. The SMILES string of the molecule is Cc1cc[nH]c1C(=O)NC1CCCN(Cc2noc(C3CC3)n2)C1. The van der Waals surface area contributed by atoms with Crippen LogP contribution in [0, 0.1) is 6.92 Å². The number of piperidine rings is 1. The van der Waals surface area contributed by atoms with Gasteiger partial charge < -0.3 is 14.8 Å². The van der Waals surface area contributed by atoms with Gasteiger partial charge in [0.1, 0.15) is 5.69 Å². The number of aromatic amines is 1. The maximum absolute atomic E-state index is 12.3. The Morgan fingerprint density at radius 3 is 3.08 bits per heavy atom. The van der Waals surface area contributed by atoms with E-state index in [2.05, 4.69) is 25.3 Å². The van der Waals surface area contributed by atoms with Crippen LogP contribution in [-0.4, -0.2) is 45.1 Å². The van der Waals surface area contributed by atoms with E-state index >= 15 is 0 Å². The molecule has 3 heterocycles. The molecule has 1 unspecified atom stereocenters. The molecule has 1 aliphatic heterocycles. The van der Waals surface area contributed by atoms with Crippen LogP contribution in [-0.2, 0) is 6.54 Å². The quantitative estimate of drug-likeness (QED) is 0.876. The summed E-state index contributed by atoms with van der Waals surface area (Å²) in [5, 5.41) is 7.22. The fourth-order valence-electron chi connectivity index (χ4n) is 3.29. The topological polar surface area (TPSA) is 87.0 Å². The van der Waals surface area contributed by atoms with Gasteiger partial charge in [-0.1, -0.05) is 5.16 Å². The van der Waals surface area contributed by atoms with E-state index in [4.69, 9.17) is 4.52 Å². The lowest BCUT2D eigenvalue weighted by atomic mass is 10.1. The van der Waals surface area contributed by atoms with E-state index in [1.165, 1.54) is 0 Å². The van der Waals surface area contributed by atoms with E-state index in [1.807, 2.05) is 13.0 Å². The van der Waals surface area contributed by atoms with Crippen molar-refractivity contribution in [1.82, 2.24) is 25.3 Å². The molecule has 7 heteroatoms. The Morgan fingerprint density at radius 2 is 2.33 bits per heavy atom. The number of hydrogen-bond acceptors (Lipinski definition) is 5. The summed E-state index contributed by atoms with van der Waals surface area (Å²) in [6.45, 7) is 4.44. The molecule has 2 fully saturated rings. The number of aryl methyl sites for hydroxylation is 1. The first-order valence-electron chi connectivity index (χ1n) is 8.68. The molecule has 0 aromatic carbocycles. The number of carbonyl (C=O) groups is 1. The lowest BCUT2D eigenvalue weighted by Gasteiger charge is -2.32. The number of nitrogens with zero attached hydrogens (tertiary/aromatic N) is 3. The van der Waals surface area contributed by atoms with Crippen LogP contribution >= 0.6 is 0 Å². The first-order chi connectivity index (χ1) is 11.7. The molecule has 0 bridgehead atoms. The molecule has 2 aromatic rings. The molecule has 1 atom stereocenters. The van der Waals surface area contributed by atoms with Gasteiger partial charge >= 0.3 is 0 Å². The van der Waals surface area contributed by atoms with Crippen molar-refractivity contribution in [3.63, 3.8) is 0 Å². The highest BCUT2D eigenvalue weighted by Crippen LogP contribution is 2.38. The summed E-state index contributed by atoms with van der Waals surface area (Å²) in [5.41, 5.74) is 1.62. The van der Waals surface area contributed by atoms with E-state index in [-0.39, 0.29) is 11.9 Å².